The first-order valence-corrected chi connectivity index (χ1v) is 5.10. The van der Waals surface area contributed by atoms with Gasteiger partial charge in [-0.25, -0.2) is 0 Å². The lowest BCUT2D eigenvalue weighted by Gasteiger charge is -2.25. The summed E-state index contributed by atoms with van der Waals surface area (Å²) in [6.07, 6.45) is 10.0. The molecule has 1 unspecified atom stereocenters. The lowest BCUT2D eigenvalue weighted by atomic mass is 9.86. The minimum Gasteiger partial charge on any atom is -0.393 e. The van der Waals surface area contributed by atoms with Gasteiger partial charge in [-0.3, -0.25) is 0 Å². The van der Waals surface area contributed by atoms with Crippen molar-refractivity contribution in [3.8, 4) is 12.3 Å². The van der Waals surface area contributed by atoms with Gasteiger partial charge in [-0.1, -0.05) is 33.6 Å². The second-order valence-corrected chi connectivity index (χ2v) is 4.69. The molecule has 0 saturated heterocycles. The zero-order chi connectivity index (χ0) is 10.3. The molecule has 0 amide bonds. The van der Waals surface area contributed by atoms with E-state index in [2.05, 4.69) is 26.7 Å². The molecule has 76 valence electrons. The Hall–Kier alpha value is -0.480. The van der Waals surface area contributed by atoms with E-state index < -0.39 is 0 Å². The third-order valence-corrected chi connectivity index (χ3v) is 2.30. The largest absolute Gasteiger partial charge is 0.393 e. The van der Waals surface area contributed by atoms with E-state index in [4.69, 9.17) is 6.42 Å². The molecule has 13 heavy (non-hydrogen) atoms. The Kier molecular flexibility index (Phi) is 5.82. The third kappa shape index (κ3) is 6.66. The number of rotatable bonds is 5. The van der Waals surface area contributed by atoms with Gasteiger partial charge in [-0.05, 0) is 18.3 Å². The number of terminal acetylenes is 1. The van der Waals surface area contributed by atoms with Gasteiger partial charge in [0.15, 0.2) is 0 Å². The minimum atomic E-state index is -0.182. The number of aliphatic hydroxyl groups excluding tert-OH is 1. The number of aliphatic hydroxyl groups is 1. The summed E-state index contributed by atoms with van der Waals surface area (Å²) >= 11 is 0. The van der Waals surface area contributed by atoms with E-state index in [-0.39, 0.29) is 11.5 Å². The Labute approximate surface area is 82.5 Å². The summed E-state index contributed by atoms with van der Waals surface area (Å²) in [6.45, 7) is 6.21. The Morgan fingerprint density at radius 3 is 2.31 bits per heavy atom. The molecule has 0 radical (unpaired) electrons. The summed E-state index contributed by atoms with van der Waals surface area (Å²) in [5, 5.41) is 9.70. The summed E-state index contributed by atoms with van der Waals surface area (Å²) in [5.41, 5.74) is 0.0200. The van der Waals surface area contributed by atoms with Crippen molar-refractivity contribution in [1.82, 2.24) is 0 Å². The van der Waals surface area contributed by atoms with Crippen molar-refractivity contribution < 1.29 is 5.11 Å². The van der Waals surface area contributed by atoms with Crippen LogP contribution in [0.2, 0.25) is 0 Å². The quantitative estimate of drug-likeness (QED) is 0.512. The zero-order valence-electron chi connectivity index (χ0n) is 9.14. The summed E-state index contributed by atoms with van der Waals surface area (Å²) in [5.74, 6) is 2.62. The first-order valence-electron chi connectivity index (χ1n) is 5.10. The molecule has 0 aromatic rings. The van der Waals surface area contributed by atoms with Crippen LogP contribution >= 0.6 is 0 Å². The molecule has 0 aliphatic rings. The van der Waals surface area contributed by atoms with Crippen LogP contribution in [0.1, 0.15) is 52.9 Å². The smallest absolute Gasteiger partial charge is 0.0588 e. The van der Waals surface area contributed by atoms with E-state index in [0.29, 0.717) is 0 Å². The van der Waals surface area contributed by atoms with Crippen molar-refractivity contribution in [1.29, 1.82) is 0 Å². The summed E-state index contributed by atoms with van der Waals surface area (Å²) in [4.78, 5) is 0. The minimum absolute atomic E-state index is 0.0200. The molecule has 0 aromatic carbocycles. The standard InChI is InChI=1S/C12H22O/c1-5-6-7-8-9-10-11(13)12(2,3)4/h1,11,13H,6-10H2,2-4H3. The number of hydrogen-bond acceptors (Lipinski definition) is 1. The normalized spacial score (nSPS) is 13.8. The lowest BCUT2D eigenvalue weighted by Crippen LogP contribution is -2.25. The first-order chi connectivity index (χ1) is 5.98. The van der Waals surface area contributed by atoms with Crippen LogP contribution in [0, 0.1) is 17.8 Å². The van der Waals surface area contributed by atoms with Crippen molar-refractivity contribution in [3.63, 3.8) is 0 Å². The zero-order valence-corrected chi connectivity index (χ0v) is 9.14. The van der Waals surface area contributed by atoms with Crippen LogP contribution in [0.4, 0.5) is 0 Å². The van der Waals surface area contributed by atoms with Gasteiger partial charge in [0, 0.05) is 6.42 Å². The fourth-order valence-electron chi connectivity index (χ4n) is 1.17. The van der Waals surface area contributed by atoms with Crippen molar-refractivity contribution in [2.24, 2.45) is 5.41 Å². The summed E-state index contributed by atoms with van der Waals surface area (Å²) in [7, 11) is 0. The summed E-state index contributed by atoms with van der Waals surface area (Å²) < 4.78 is 0. The van der Waals surface area contributed by atoms with Gasteiger partial charge >= 0.3 is 0 Å². The van der Waals surface area contributed by atoms with Crippen LogP contribution in [0.3, 0.4) is 0 Å². The highest BCUT2D eigenvalue weighted by molar-refractivity contribution is 4.82. The maximum atomic E-state index is 9.70. The molecule has 0 aliphatic heterocycles. The Morgan fingerprint density at radius 2 is 1.85 bits per heavy atom. The highest BCUT2D eigenvalue weighted by atomic mass is 16.3. The highest BCUT2D eigenvalue weighted by Gasteiger charge is 2.20. The SMILES string of the molecule is C#CCCCCCC(O)C(C)(C)C. The highest BCUT2D eigenvalue weighted by Crippen LogP contribution is 2.23. The maximum Gasteiger partial charge on any atom is 0.0588 e. The van der Waals surface area contributed by atoms with Crippen LogP contribution in [-0.2, 0) is 0 Å². The van der Waals surface area contributed by atoms with Gasteiger partial charge < -0.3 is 5.11 Å². The molecule has 1 N–H and O–H groups in total. The Balaban J connectivity index is 3.39. The molecule has 0 rings (SSSR count). The van der Waals surface area contributed by atoms with Crippen LogP contribution in [0.25, 0.3) is 0 Å². The van der Waals surface area contributed by atoms with Gasteiger partial charge in [-0.15, -0.1) is 12.3 Å². The van der Waals surface area contributed by atoms with Gasteiger partial charge in [0.2, 0.25) is 0 Å². The molecule has 1 atom stereocenters. The average molecular weight is 182 g/mol. The van der Waals surface area contributed by atoms with Crippen molar-refractivity contribution in [2.75, 3.05) is 0 Å². The van der Waals surface area contributed by atoms with Gasteiger partial charge in [-0.2, -0.15) is 0 Å². The van der Waals surface area contributed by atoms with Crippen molar-refractivity contribution >= 4 is 0 Å². The van der Waals surface area contributed by atoms with Gasteiger partial charge in [0.1, 0.15) is 0 Å². The van der Waals surface area contributed by atoms with Gasteiger partial charge in [0.25, 0.3) is 0 Å². The van der Waals surface area contributed by atoms with E-state index in [0.717, 1.165) is 32.1 Å². The number of unbranched alkanes of at least 4 members (excludes halogenated alkanes) is 3. The fraction of sp³-hybridized carbons (Fsp3) is 0.833. The molecule has 0 fully saturated rings. The van der Waals surface area contributed by atoms with Gasteiger partial charge in [0.05, 0.1) is 6.10 Å². The van der Waals surface area contributed by atoms with Crippen LogP contribution in [0.5, 0.6) is 0 Å². The van der Waals surface area contributed by atoms with E-state index in [1.807, 2.05) is 0 Å². The van der Waals surface area contributed by atoms with E-state index in [1.54, 1.807) is 0 Å². The topological polar surface area (TPSA) is 20.2 Å². The molecule has 0 aromatic heterocycles. The van der Waals surface area contributed by atoms with E-state index in [9.17, 15) is 5.11 Å². The molecular formula is C12H22O. The molecule has 0 saturated carbocycles. The molecule has 0 aliphatic carbocycles. The van der Waals surface area contributed by atoms with Crippen molar-refractivity contribution in [3.05, 3.63) is 0 Å². The van der Waals surface area contributed by atoms with Crippen molar-refractivity contribution in [2.45, 2.75) is 59.0 Å². The monoisotopic (exact) mass is 182 g/mol. The third-order valence-electron chi connectivity index (χ3n) is 2.30. The molecule has 0 spiro atoms. The lowest BCUT2D eigenvalue weighted by molar-refractivity contribution is 0.0534. The number of hydrogen-bond donors (Lipinski definition) is 1. The van der Waals surface area contributed by atoms with E-state index >= 15 is 0 Å². The van der Waals surface area contributed by atoms with Crippen LogP contribution < -0.4 is 0 Å². The average Bonchev–Trinajstić information content (AvgIpc) is 2.02. The molecule has 0 bridgehead atoms. The van der Waals surface area contributed by atoms with Crippen LogP contribution in [-0.4, -0.2) is 11.2 Å². The maximum absolute atomic E-state index is 9.70. The summed E-state index contributed by atoms with van der Waals surface area (Å²) in [6, 6.07) is 0. The van der Waals surface area contributed by atoms with E-state index in [1.165, 1.54) is 0 Å². The molecule has 0 heterocycles. The second kappa shape index (κ2) is 6.05. The Morgan fingerprint density at radius 1 is 1.23 bits per heavy atom. The predicted octanol–water partition coefficient (Wildman–Crippen LogP) is 2.98. The van der Waals surface area contributed by atoms with Crippen LogP contribution in [0.15, 0.2) is 0 Å². The molecule has 1 heteroatoms. The predicted molar refractivity (Wildman–Crippen MR) is 57.4 cm³/mol. The first kappa shape index (κ1) is 12.5. The molecule has 1 nitrogen and oxygen atoms in total. The Bertz CT molecular complexity index is 159. The fourth-order valence-corrected chi connectivity index (χ4v) is 1.17. The second-order valence-electron chi connectivity index (χ2n) is 4.69. The molecular weight excluding hydrogens is 160 g/mol.